The second-order valence-electron chi connectivity index (χ2n) is 8.03. The van der Waals surface area contributed by atoms with Crippen molar-refractivity contribution in [3.8, 4) is 11.5 Å². The minimum atomic E-state index is -0.513. The number of hydrogen-bond donors (Lipinski definition) is 1. The molecule has 0 aliphatic rings. The van der Waals surface area contributed by atoms with E-state index in [4.69, 9.17) is 21.1 Å². The zero-order valence-electron chi connectivity index (χ0n) is 18.5. The molecule has 3 aromatic carbocycles. The van der Waals surface area contributed by atoms with E-state index in [0.29, 0.717) is 24.7 Å². The van der Waals surface area contributed by atoms with Crippen molar-refractivity contribution in [2.75, 3.05) is 6.61 Å². The average Bonchev–Trinajstić information content (AvgIpc) is 2.85. The first-order valence-electron chi connectivity index (χ1n) is 11.3. The maximum Gasteiger partial charge on any atom is 0.130 e. The number of nitrogens with zero attached hydrogens (tertiary/aromatic N) is 1. The highest BCUT2D eigenvalue weighted by Gasteiger charge is 2.09. The van der Waals surface area contributed by atoms with Gasteiger partial charge in [0, 0.05) is 10.4 Å². The standard InChI is InChI=1S/C28H28ClNO3/c29-23-10-7-12-26(19-23)32-17-5-1-2-14-28(31)22-9-6-11-25(18-22)33-20-24-16-15-21-8-3-4-13-27(21)30-24/h3-4,6-13,15-16,18-19,28,31H,1-2,5,14,17,20H2. The highest BCUT2D eigenvalue weighted by Crippen LogP contribution is 2.24. The fourth-order valence-corrected chi connectivity index (χ4v) is 3.87. The molecule has 1 atom stereocenters. The lowest BCUT2D eigenvalue weighted by molar-refractivity contribution is 0.161. The Labute approximate surface area is 199 Å². The summed E-state index contributed by atoms with van der Waals surface area (Å²) in [5.41, 5.74) is 2.70. The van der Waals surface area contributed by atoms with Gasteiger partial charge in [-0.3, -0.25) is 0 Å². The third kappa shape index (κ3) is 6.95. The predicted octanol–water partition coefficient (Wildman–Crippen LogP) is 7.14. The summed E-state index contributed by atoms with van der Waals surface area (Å²) in [6.45, 7) is 1.03. The molecule has 4 nitrogen and oxygen atoms in total. The van der Waals surface area contributed by atoms with E-state index in [-0.39, 0.29) is 0 Å². The molecule has 1 heterocycles. The fraction of sp³-hybridized carbons (Fsp3) is 0.250. The molecule has 0 aliphatic carbocycles. The zero-order chi connectivity index (χ0) is 22.9. The largest absolute Gasteiger partial charge is 0.494 e. The number of rotatable bonds is 11. The number of hydrogen-bond acceptors (Lipinski definition) is 4. The Kier molecular flexibility index (Phi) is 8.18. The molecular formula is C28H28ClNO3. The lowest BCUT2D eigenvalue weighted by Crippen LogP contribution is -2.02. The summed E-state index contributed by atoms with van der Waals surface area (Å²) in [6.07, 6.45) is 3.03. The van der Waals surface area contributed by atoms with E-state index in [1.54, 1.807) is 0 Å². The van der Waals surface area contributed by atoms with Crippen LogP contribution in [0.15, 0.2) is 84.9 Å². The summed E-state index contributed by atoms with van der Waals surface area (Å²) in [5.74, 6) is 1.52. The number of ether oxygens (including phenoxy) is 2. The van der Waals surface area contributed by atoms with Crippen LogP contribution < -0.4 is 9.47 Å². The predicted molar refractivity (Wildman–Crippen MR) is 133 cm³/mol. The highest BCUT2D eigenvalue weighted by atomic mass is 35.5. The van der Waals surface area contributed by atoms with Crippen LogP contribution in [0.5, 0.6) is 11.5 Å². The van der Waals surface area contributed by atoms with E-state index in [1.807, 2.05) is 78.9 Å². The molecule has 1 N–H and O–H groups in total. The van der Waals surface area contributed by atoms with Gasteiger partial charge in [-0.1, -0.05) is 60.5 Å². The van der Waals surface area contributed by atoms with Gasteiger partial charge in [-0.15, -0.1) is 0 Å². The Morgan fingerprint density at radius 3 is 2.48 bits per heavy atom. The molecule has 0 saturated heterocycles. The Hall–Kier alpha value is -3.08. The van der Waals surface area contributed by atoms with Crippen LogP contribution in [-0.4, -0.2) is 16.7 Å². The van der Waals surface area contributed by atoms with Gasteiger partial charge in [-0.05, 0) is 67.3 Å². The first-order valence-corrected chi connectivity index (χ1v) is 11.7. The minimum absolute atomic E-state index is 0.386. The summed E-state index contributed by atoms with van der Waals surface area (Å²) < 4.78 is 11.7. The lowest BCUT2D eigenvalue weighted by Gasteiger charge is -2.13. The highest BCUT2D eigenvalue weighted by molar-refractivity contribution is 6.30. The van der Waals surface area contributed by atoms with Crippen LogP contribution in [0.3, 0.4) is 0 Å². The number of halogens is 1. The maximum atomic E-state index is 10.6. The smallest absolute Gasteiger partial charge is 0.130 e. The van der Waals surface area contributed by atoms with Gasteiger partial charge in [-0.2, -0.15) is 0 Å². The SMILES string of the molecule is OC(CCCCCOc1cccc(Cl)c1)c1cccc(OCc2ccc3ccccc3n2)c1. The van der Waals surface area contributed by atoms with Gasteiger partial charge in [0.15, 0.2) is 0 Å². The minimum Gasteiger partial charge on any atom is -0.494 e. The summed E-state index contributed by atoms with van der Waals surface area (Å²) in [4.78, 5) is 4.65. The molecule has 0 spiro atoms. The number of para-hydroxylation sites is 1. The van der Waals surface area contributed by atoms with E-state index >= 15 is 0 Å². The topological polar surface area (TPSA) is 51.6 Å². The van der Waals surface area contributed by atoms with Crippen LogP contribution in [0, 0.1) is 0 Å². The molecule has 1 aromatic heterocycles. The fourth-order valence-electron chi connectivity index (χ4n) is 3.69. The number of pyridine rings is 1. The molecule has 0 radical (unpaired) electrons. The Morgan fingerprint density at radius 1 is 0.788 bits per heavy atom. The van der Waals surface area contributed by atoms with Crippen molar-refractivity contribution in [2.24, 2.45) is 0 Å². The number of benzene rings is 3. The van der Waals surface area contributed by atoms with Gasteiger partial charge >= 0.3 is 0 Å². The summed E-state index contributed by atoms with van der Waals surface area (Å²) in [5, 5.41) is 12.4. The van der Waals surface area contributed by atoms with Gasteiger partial charge in [0.2, 0.25) is 0 Å². The van der Waals surface area contributed by atoms with Gasteiger partial charge in [0.25, 0.3) is 0 Å². The normalized spacial score (nSPS) is 11.9. The molecule has 0 bridgehead atoms. The van der Waals surface area contributed by atoms with Crippen LogP contribution in [0.4, 0.5) is 0 Å². The van der Waals surface area contributed by atoms with E-state index in [0.717, 1.165) is 52.9 Å². The van der Waals surface area contributed by atoms with Crippen LogP contribution >= 0.6 is 11.6 Å². The molecule has 5 heteroatoms. The molecular weight excluding hydrogens is 434 g/mol. The van der Waals surface area contributed by atoms with Crippen LogP contribution in [0.2, 0.25) is 5.02 Å². The molecule has 4 rings (SSSR count). The number of unbranched alkanes of at least 4 members (excludes halogenated alkanes) is 2. The number of aliphatic hydroxyl groups is 1. The van der Waals surface area contributed by atoms with Crippen molar-refractivity contribution < 1.29 is 14.6 Å². The molecule has 33 heavy (non-hydrogen) atoms. The molecule has 0 fully saturated rings. The Bertz CT molecular complexity index is 1180. The molecule has 4 aromatic rings. The van der Waals surface area contributed by atoms with E-state index in [2.05, 4.69) is 11.1 Å². The summed E-state index contributed by atoms with van der Waals surface area (Å²) >= 11 is 5.96. The van der Waals surface area contributed by atoms with Gasteiger partial charge in [-0.25, -0.2) is 4.98 Å². The van der Waals surface area contributed by atoms with Crippen LogP contribution in [0.1, 0.15) is 43.0 Å². The number of fused-ring (bicyclic) bond motifs is 1. The van der Waals surface area contributed by atoms with Crippen molar-refractivity contribution >= 4 is 22.5 Å². The van der Waals surface area contributed by atoms with E-state index in [1.165, 1.54) is 0 Å². The van der Waals surface area contributed by atoms with E-state index in [9.17, 15) is 5.11 Å². The molecule has 0 amide bonds. The first-order chi connectivity index (χ1) is 16.2. The van der Waals surface area contributed by atoms with Crippen molar-refractivity contribution in [3.63, 3.8) is 0 Å². The second-order valence-corrected chi connectivity index (χ2v) is 8.46. The summed E-state index contributed by atoms with van der Waals surface area (Å²) in [6, 6.07) is 27.2. The summed E-state index contributed by atoms with van der Waals surface area (Å²) in [7, 11) is 0. The lowest BCUT2D eigenvalue weighted by atomic mass is 10.0. The van der Waals surface area contributed by atoms with Gasteiger partial charge in [0.1, 0.15) is 18.1 Å². The molecule has 0 saturated carbocycles. The molecule has 0 aliphatic heterocycles. The molecule has 170 valence electrons. The number of aliphatic hydroxyl groups excluding tert-OH is 1. The quantitative estimate of drug-likeness (QED) is 0.241. The monoisotopic (exact) mass is 461 g/mol. The second kappa shape index (κ2) is 11.7. The number of aromatic nitrogens is 1. The zero-order valence-corrected chi connectivity index (χ0v) is 19.2. The van der Waals surface area contributed by atoms with Crippen LogP contribution in [0.25, 0.3) is 10.9 Å². The van der Waals surface area contributed by atoms with Crippen molar-refractivity contribution in [1.82, 2.24) is 4.98 Å². The van der Waals surface area contributed by atoms with Gasteiger partial charge < -0.3 is 14.6 Å². The Morgan fingerprint density at radius 2 is 1.61 bits per heavy atom. The Balaban J connectivity index is 1.20. The average molecular weight is 462 g/mol. The first kappa shape index (κ1) is 23.1. The van der Waals surface area contributed by atoms with Crippen molar-refractivity contribution in [2.45, 2.75) is 38.4 Å². The van der Waals surface area contributed by atoms with Crippen LogP contribution in [-0.2, 0) is 6.61 Å². The van der Waals surface area contributed by atoms with Crippen molar-refractivity contribution in [1.29, 1.82) is 0 Å². The van der Waals surface area contributed by atoms with Crippen molar-refractivity contribution in [3.05, 3.63) is 101 Å². The third-order valence-electron chi connectivity index (χ3n) is 5.47. The molecule has 1 unspecified atom stereocenters. The van der Waals surface area contributed by atoms with Gasteiger partial charge in [0.05, 0.1) is 23.9 Å². The maximum absolute atomic E-state index is 10.6. The van der Waals surface area contributed by atoms with E-state index < -0.39 is 6.10 Å². The third-order valence-corrected chi connectivity index (χ3v) is 5.71.